The van der Waals surface area contributed by atoms with E-state index in [1.165, 1.54) is 0 Å². The second-order valence-corrected chi connectivity index (χ2v) is 5.21. The fraction of sp³-hybridized carbons (Fsp3) is 0.500. The molecule has 1 aromatic carbocycles. The van der Waals surface area contributed by atoms with Gasteiger partial charge in [-0.2, -0.15) is 0 Å². The highest BCUT2D eigenvalue weighted by molar-refractivity contribution is 5.94. The van der Waals surface area contributed by atoms with Crippen molar-refractivity contribution in [1.82, 2.24) is 4.90 Å². The molecular formula is C14H22N4O. The summed E-state index contributed by atoms with van der Waals surface area (Å²) in [6.45, 7) is 5.48. The SMILES string of the molecule is Cc1cc(N2CCN(C)CC2CN)ccc1C(N)=O. The summed E-state index contributed by atoms with van der Waals surface area (Å²) in [4.78, 5) is 15.9. The standard InChI is InChI=1S/C14H22N4O/c1-10-7-11(3-4-13(10)14(16)19)18-6-5-17(2)9-12(18)8-15/h3-4,7,12H,5-6,8-9,15H2,1-2H3,(H2,16,19). The van der Waals surface area contributed by atoms with Crippen molar-refractivity contribution in [3.8, 4) is 0 Å². The van der Waals surface area contributed by atoms with Crippen LogP contribution in [0.25, 0.3) is 0 Å². The Morgan fingerprint density at radius 2 is 2.16 bits per heavy atom. The van der Waals surface area contributed by atoms with Gasteiger partial charge in [-0.25, -0.2) is 0 Å². The van der Waals surface area contributed by atoms with E-state index in [9.17, 15) is 4.79 Å². The molecule has 5 nitrogen and oxygen atoms in total. The van der Waals surface area contributed by atoms with Crippen LogP contribution in [0, 0.1) is 6.92 Å². The summed E-state index contributed by atoms with van der Waals surface area (Å²) in [5.74, 6) is -0.377. The second kappa shape index (κ2) is 5.59. The van der Waals surface area contributed by atoms with Gasteiger partial charge < -0.3 is 21.3 Å². The number of hydrogen-bond acceptors (Lipinski definition) is 4. The van der Waals surface area contributed by atoms with E-state index in [1.807, 2.05) is 19.1 Å². The van der Waals surface area contributed by atoms with Crippen LogP contribution >= 0.6 is 0 Å². The number of aryl methyl sites for hydroxylation is 1. The number of nitrogens with zero attached hydrogens (tertiary/aromatic N) is 2. The number of anilines is 1. The van der Waals surface area contributed by atoms with E-state index >= 15 is 0 Å². The summed E-state index contributed by atoms with van der Waals surface area (Å²) < 4.78 is 0. The largest absolute Gasteiger partial charge is 0.366 e. The minimum atomic E-state index is -0.377. The van der Waals surface area contributed by atoms with Gasteiger partial charge in [-0.15, -0.1) is 0 Å². The third kappa shape index (κ3) is 2.88. The van der Waals surface area contributed by atoms with Gasteiger partial charge in [-0.05, 0) is 37.7 Å². The summed E-state index contributed by atoms with van der Waals surface area (Å²) in [5.41, 5.74) is 13.8. The van der Waals surface area contributed by atoms with Crippen LogP contribution < -0.4 is 16.4 Å². The average Bonchev–Trinajstić information content (AvgIpc) is 2.37. The molecule has 1 unspecified atom stereocenters. The molecule has 19 heavy (non-hydrogen) atoms. The van der Waals surface area contributed by atoms with Gasteiger partial charge in [0.05, 0.1) is 6.04 Å². The van der Waals surface area contributed by atoms with E-state index in [1.54, 1.807) is 6.07 Å². The molecule has 0 aromatic heterocycles. The minimum absolute atomic E-state index is 0.317. The maximum atomic E-state index is 11.3. The molecule has 4 N–H and O–H groups in total. The van der Waals surface area contributed by atoms with Crippen LogP contribution in [0.3, 0.4) is 0 Å². The first-order chi connectivity index (χ1) is 9.02. The topological polar surface area (TPSA) is 75.6 Å². The number of piperazine rings is 1. The Morgan fingerprint density at radius 1 is 1.42 bits per heavy atom. The molecule has 1 aliphatic rings. The molecule has 0 bridgehead atoms. The van der Waals surface area contributed by atoms with E-state index in [-0.39, 0.29) is 5.91 Å². The molecule has 1 heterocycles. The van der Waals surface area contributed by atoms with Crippen LogP contribution in [0.2, 0.25) is 0 Å². The summed E-state index contributed by atoms with van der Waals surface area (Å²) >= 11 is 0. The van der Waals surface area contributed by atoms with Gasteiger partial charge in [0.25, 0.3) is 0 Å². The molecular weight excluding hydrogens is 240 g/mol. The number of carbonyl (C=O) groups excluding carboxylic acids is 1. The van der Waals surface area contributed by atoms with Gasteiger partial charge in [0.15, 0.2) is 0 Å². The zero-order valence-electron chi connectivity index (χ0n) is 11.6. The fourth-order valence-electron chi connectivity index (χ4n) is 2.66. The van der Waals surface area contributed by atoms with E-state index in [0.29, 0.717) is 18.2 Å². The quantitative estimate of drug-likeness (QED) is 0.814. The number of amides is 1. The van der Waals surface area contributed by atoms with Crippen molar-refractivity contribution in [2.45, 2.75) is 13.0 Å². The van der Waals surface area contributed by atoms with E-state index in [0.717, 1.165) is 30.9 Å². The summed E-state index contributed by atoms with van der Waals surface area (Å²) in [6.07, 6.45) is 0. The van der Waals surface area contributed by atoms with E-state index in [4.69, 9.17) is 11.5 Å². The summed E-state index contributed by atoms with van der Waals surface area (Å²) in [5, 5.41) is 0. The summed E-state index contributed by atoms with van der Waals surface area (Å²) in [6, 6.07) is 6.10. The Morgan fingerprint density at radius 3 is 2.74 bits per heavy atom. The number of carbonyl (C=O) groups is 1. The van der Waals surface area contributed by atoms with Crippen molar-refractivity contribution in [3.05, 3.63) is 29.3 Å². The zero-order valence-corrected chi connectivity index (χ0v) is 11.6. The lowest BCUT2D eigenvalue weighted by Gasteiger charge is -2.41. The Labute approximate surface area is 114 Å². The third-order valence-electron chi connectivity index (χ3n) is 3.76. The normalized spacial score (nSPS) is 20.6. The van der Waals surface area contributed by atoms with Crippen LogP contribution in [0.5, 0.6) is 0 Å². The van der Waals surface area contributed by atoms with Crippen molar-refractivity contribution in [2.24, 2.45) is 11.5 Å². The molecule has 1 aliphatic heterocycles. The van der Waals surface area contributed by atoms with Crippen molar-refractivity contribution >= 4 is 11.6 Å². The van der Waals surface area contributed by atoms with Gasteiger partial charge in [0, 0.05) is 37.4 Å². The fourth-order valence-corrected chi connectivity index (χ4v) is 2.66. The lowest BCUT2D eigenvalue weighted by atomic mass is 10.0. The predicted molar refractivity (Wildman–Crippen MR) is 77.4 cm³/mol. The molecule has 2 rings (SSSR count). The number of primary amides is 1. The highest BCUT2D eigenvalue weighted by Gasteiger charge is 2.24. The zero-order chi connectivity index (χ0) is 14.0. The number of benzene rings is 1. The van der Waals surface area contributed by atoms with Gasteiger partial charge >= 0.3 is 0 Å². The smallest absolute Gasteiger partial charge is 0.248 e. The number of rotatable bonds is 3. The van der Waals surface area contributed by atoms with Crippen LogP contribution in [0.15, 0.2) is 18.2 Å². The summed E-state index contributed by atoms with van der Waals surface area (Å²) in [7, 11) is 2.11. The Kier molecular flexibility index (Phi) is 4.07. The lowest BCUT2D eigenvalue weighted by molar-refractivity contribution is 0.0999. The lowest BCUT2D eigenvalue weighted by Crippen LogP contribution is -2.55. The molecule has 0 spiro atoms. The van der Waals surface area contributed by atoms with Crippen LogP contribution in [0.4, 0.5) is 5.69 Å². The first kappa shape index (κ1) is 13.8. The van der Waals surface area contributed by atoms with Crippen molar-refractivity contribution < 1.29 is 4.79 Å². The van der Waals surface area contributed by atoms with Gasteiger partial charge in [0.1, 0.15) is 0 Å². The molecule has 5 heteroatoms. The molecule has 1 saturated heterocycles. The maximum absolute atomic E-state index is 11.3. The molecule has 0 radical (unpaired) electrons. The molecule has 1 amide bonds. The van der Waals surface area contributed by atoms with Gasteiger partial charge in [-0.1, -0.05) is 0 Å². The first-order valence-electron chi connectivity index (χ1n) is 6.58. The van der Waals surface area contributed by atoms with Crippen LogP contribution in [-0.4, -0.2) is 50.1 Å². The highest BCUT2D eigenvalue weighted by Crippen LogP contribution is 2.23. The third-order valence-corrected chi connectivity index (χ3v) is 3.76. The Balaban J connectivity index is 2.26. The minimum Gasteiger partial charge on any atom is -0.366 e. The second-order valence-electron chi connectivity index (χ2n) is 5.21. The van der Waals surface area contributed by atoms with Gasteiger partial charge in [0.2, 0.25) is 5.91 Å². The monoisotopic (exact) mass is 262 g/mol. The molecule has 1 atom stereocenters. The van der Waals surface area contributed by atoms with Crippen molar-refractivity contribution in [1.29, 1.82) is 0 Å². The number of hydrogen-bond donors (Lipinski definition) is 2. The molecule has 1 fully saturated rings. The molecule has 0 saturated carbocycles. The van der Waals surface area contributed by atoms with Crippen molar-refractivity contribution in [2.75, 3.05) is 38.1 Å². The average molecular weight is 262 g/mol. The van der Waals surface area contributed by atoms with E-state index < -0.39 is 0 Å². The Bertz CT molecular complexity index is 475. The Hall–Kier alpha value is -1.59. The van der Waals surface area contributed by atoms with E-state index in [2.05, 4.69) is 16.8 Å². The molecule has 0 aliphatic carbocycles. The first-order valence-corrected chi connectivity index (χ1v) is 6.58. The van der Waals surface area contributed by atoms with Crippen LogP contribution in [0.1, 0.15) is 15.9 Å². The van der Waals surface area contributed by atoms with Gasteiger partial charge in [-0.3, -0.25) is 4.79 Å². The van der Waals surface area contributed by atoms with Crippen molar-refractivity contribution in [3.63, 3.8) is 0 Å². The highest BCUT2D eigenvalue weighted by atomic mass is 16.1. The van der Waals surface area contributed by atoms with Crippen LogP contribution in [-0.2, 0) is 0 Å². The molecule has 104 valence electrons. The predicted octanol–water partition coefficient (Wildman–Crippen LogP) is 0.173. The number of likely N-dealkylation sites (N-methyl/N-ethyl adjacent to an activating group) is 1. The molecule has 1 aromatic rings. The maximum Gasteiger partial charge on any atom is 0.248 e. The number of nitrogens with two attached hydrogens (primary N) is 2.